The van der Waals surface area contributed by atoms with Crippen LogP contribution in [0.4, 0.5) is 0 Å². The van der Waals surface area contributed by atoms with Crippen molar-refractivity contribution in [2.24, 2.45) is 5.73 Å². The second-order valence-corrected chi connectivity index (χ2v) is 3.93. The highest BCUT2D eigenvalue weighted by Crippen LogP contribution is 2.14. The SMILES string of the molecule is CC(CN)c1ccc(I)cc1. The van der Waals surface area contributed by atoms with Gasteiger partial charge in [-0.2, -0.15) is 0 Å². The van der Waals surface area contributed by atoms with E-state index in [9.17, 15) is 0 Å². The fourth-order valence-corrected chi connectivity index (χ4v) is 1.29. The molecular formula is C9H12IN. The molecule has 1 unspecified atom stereocenters. The maximum atomic E-state index is 5.54. The van der Waals surface area contributed by atoms with E-state index in [0.29, 0.717) is 5.92 Å². The summed E-state index contributed by atoms with van der Waals surface area (Å²) in [5, 5.41) is 0. The van der Waals surface area contributed by atoms with Crippen molar-refractivity contribution < 1.29 is 0 Å². The monoisotopic (exact) mass is 261 g/mol. The molecule has 2 heteroatoms. The largest absolute Gasteiger partial charge is 0.330 e. The first kappa shape index (κ1) is 9.00. The third-order valence-corrected chi connectivity index (χ3v) is 2.51. The molecule has 0 heterocycles. The lowest BCUT2D eigenvalue weighted by atomic mass is 10.0. The summed E-state index contributed by atoms with van der Waals surface area (Å²) < 4.78 is 1.27. The smallest absolute Gasteiger partial charge is 0.0130 e. The minimum absolute atomic E-state index is 0.479. The van der Waals surface area contributed by atoms with Crippen LogP contribution < -0.4 is 5.73 Å². The van der Waals surface area contributed by atoms with Gasteiger partial charge in [-0.05, 0) is 52.7 Å². The molecule has 2 N–H and O–H groups in total. The van der Waals surface area contributed by atoms with E-state index in [0.717, 1.165) is 6.54 Å². The Labute approximate surface area is 81.1 Å². The second kappa shape index (κ2) is 4.07. The molecule has 0 bridgehead atoms. The van der Waals surface area contributed by atoms with E-state index >= 15 is 0 Å². The summed E-state index contributed by atoms with van der Waals surface area (Å²) in [4.78, 5) is 0. The lowest BCUT2D eigenvalue weighted by molar-refractivity contribution is 0.774. The lowest BCUT2D eigenvalue weighted by Crippen LogP contribution is -2.08. The van der Waals surface area contributed by atoms with E-state index in [1.54, 1.807) is 0 Å². The predicted molar refractivity (Wildman–Crippen MR) is 56.6 cm³/mol. The molecule has 0 radical (unpaired) electrons. The van der Waals surface area contributed by atoms with Crippen LogP contribution in [0.25, 0.3) is 0 Å². The van der Waals surface area contributed by atoms with Crippen LogP contribution in [0.15, 0.2) is 24.3 Å². The van der Waals surface area contributed by atoms with Crippen LogP contribution in [0.3, 0.4) is 0 Å². The van der Waals surface area contributed by atoms with Crippen LogP contribution in [0, 0.1) is 3.57 Å². The molecule has 0 aliphatic heterocycles. The number of hydrogen-bond donors (Lipinski definition) is 1. The molecule has 0 saturated heterocycles. The average Bonchev–Trinajstić information content (AvgIpc) is 2.05. The first-order chi connectivity index (χ1) is 5.24. The van der Waals surface area contributed by atoms with Crippen LogP contribution >= 0.6 is 22.6 Å². The van der Waals surface area contributed by atoms with Crippen molar-refractivity contribution in [3.05, 3.63) is 33.4 Å². The van der Waals surface area contributed by atoms with E-state index in [1.807, 2.05) is 0 Å². The van der Waals surface area contributed by atoms with Crippen LogP contribution in [-0.2, 0) is 0 Å². The third kappa shape index (κ3) is 2.45. The van der Waals surface area contributed by atoms with E-state index in [1.165, 1.54) is 9.13 Å². The van der Waals surface area contributed by atoms with Gasteiger partial charge >= 0.3 is 0 Å². The number of benzene rings is 1. The zero-order valence-corrected chi connectivity index (χ0v) is 8.71. The molecule has 1 atom stereocenters. The van der Waals surface area contributed by atoms with Gasteiger partial charge in [-0.3, -0.25) is 0 Å². The van der Waals surface area contributed by atoms with Crippen molar-refractivity contribution in [2.45, 2.75) is 12.8 Å². The van der Waals surface area contributed by atoms with Gasteiger partial charge in [-0.15, -0.1) is 0 Å². The fourth-order valence-electron chi connectivity index (χ4n) is 0.927. The summed E-state index contributed by atoms with van der Waals surface area (Å²) in [7, 11) is 0. The zero-order valence-electron chi connectivity index (χ0n) is 6.55. The molecule has 1 aromatic carbocycles. The van der Waals surface area contributed by atoms with Crippen molar-refractivity contribution in [2.75, 3.05) is 6.54 Å². The Morgan fingerprint density at radius 1 is 1.36 bits per heavy atom. The van der Waals surface area contributed by atoms with E-state index in [-0.39, 0.29) is 0 Å². The quantitative estimate of drug-likeness (QED) is 0.812. The molecule has 0 fully saturated rings. The minimum atomic E-state index is 0.479. The molecule has 11 heavy (non-hydrogen) atoms. The molecule has 1 rings (SSSR count). The van der Waals surface area contributed by atoms with Crippen molar-refractivity contribution in [3.8, 4) is 0 Å². The Kier molecular flexibility index (Phi) is 3.33. The molecule has 0 aliphatic rings. The molecular weight excluding hydrogens is 249 g/mol. The fraction of sp³-hybridized carbons (Fsp3) is 0.333. The normalized spacial score (nSPS) is 13.0. The predicted octanol–water partition coefficient (Wildman–Crippen LogP) is 2.35. The number of nitrogens with two attached hydrogens (primary N) is 1. The summed E-state index contributed by atoms with van der Waals surface area (Å²) in [5.74, 6) is 0.479. The molecule has 60 valence electrons. The molecule has 1 nitrogen and oxygen atoms in total. The molecule has 0 aliphatic carbocycles. The molecule has 0 saturated carbocycles. The van der Waals surface area contributed by atoms with Crippen LogP contribution in [0.1, 0.15) is 18.4 Å². The average molecular weight is 261 g/mol. The molecule has 0 spiro atoms. The highest BCUT2D eigenvalue weighted by Gasteiger charge is 2.00. The van der Waals surface area contributed by atoms with E-state index in [2.05, 4.69) is 53.8 Å². The van der Waals surface area contributed by atoms with E-state index in [4.69, 9.17) is 5.73 Å². The maximum Gasteiger partial charge on any atom is 0.0130 e. The molecule has 1 aromatic rings. The van der Waals surface area contributed by atoms with Gasteiger partial charge in [0.15, 0.2) is 0 Å². The Morgan fingerprint density at radius 3 is 2.36 bits per heavy atom. The van der Waals surface area contributed by atoms with Crippen molar-refractivity contribution in [1.82, 2.24) is 0 Å². The number of hydrogen-bond acceptors (Lipinski definition) is 1. The minimum Gasteiger partial charge on any atom is -0.330 e. The Balaban J connectivity index is 2.81. The van der Waals surface area contributed by atoms with Crippen molar-refractivity contribution >= 4 is 22.6 Å². The highest BCUT2D eigenvalue weighted by molar-refractivity contribution is 14.1. The van der Waals surface area contributed by atoms with Gasteiger partial charge < -0.3 is 5.73 Å². The molecule has 0 aromatic heterocycles. The Bertz CT molecular complexity index is 218. The Hall–Kier alpha value is -0.0900. The van der Waals surface area contributed by atoms with Gasteiger partial charge in [0.25, 0.3) is 0 Å². The zero-order chi connectivity index (χ0) is 8.27. The van der Waals surface area contributed by atoms with E-state index < -0.39 is 0 Å². The van der Waals surface area contributed by atoms with Gasteiger partial charge in [0, 0.05) is 3.57 Å². The second-order valence-electron chi connectivity index (χ2n) is 2.69. The van der Waals surface area contributed by atoms with Crippen LogP contribution in [0.2, 0.25) is 0 Å². The summed E-state index contributed by atoms with van der Waals surface area (Å²) in [6, 6.07) is 8.50. The van der Waals surface area contributed by atoms with Gasteiger partial charge in [-0.1, -0.05) is 19.1 Å². The first-order valence-electron chi connectivity index (χ1n) is 3.69. The van der Waals surface area contributed by atoms with Gasteiger partial charge in [0.2, 0.25) is 0 Å². The summed E-state index contributed by atoms with van der Waals surface area (Å²) in [5.41, 5.74) is 6.87. The van der Waals surface area contributed by atoms with Crippen molar-refractivity contribution in [3.63, 3.8) is 0 Å². The highest BCUT2D eigenvalue weighted by atomic mass is 127. The Morgan fingerprint density at radius 2 is 1.91 bits per heavy atom. The summed E-state index contributed by atoms with van der Waals surface area (Å²) in [6.07, 6.45) is 0. The van der Waals surface area contributed by atoms with Gasteiger partial charge in [0.05, 0.1) is 0 Å². The summed E-state index contributed by atoms with van der Waals surface area (Å²) >= 11 is 2.30. The van der Waals surface area contributed by atoms with Gasteiger partial charge in [0.1, 0.15) is 0 Å². The van der Waals surface area contributed by atoms with Gasteiger partial charge in [-0.25, -0.2) is 0 Å². The van der Waals surface area contributed by atoms with Crippen molar-refractivity contribution in [1.29, 1.82) is 0 Å². The molecule has 0 amide bonds. The summed E-state index contributed by atoms with van der Waals surface area (Å²) in [6.45, 7) is 2.86. The number of rotatable bonds is 2. The maximum absolute atomic E-state index is 5.54. The number of halogens is 1. The topological polar surface area (TPSA) is 26.0 Å². The lowest BCUT2D eigenvalue weighted by Gasteiger charge is -2.07. The standard InChI is InChI=1S/C9H12IN/c1-7(6-11)8-2-4-9(10)5-3-8/h2-5,7H,6,11H2,1H3. The first-order valence-corrected chi connectivity index (χ1v) is 4.77. The third-order valence-electron chi connectivity index (χ3n) is 1.79. The van der Waals surface area contributed by atoms with Crippen LogP contribution in [-0.4, -0.2) is 6.54 Å². The van der Waals surface area contributed by atoms with Crippen LogP contribution in [0.5, 0.6) is 0 Å².